The Hall–Kier alpha value is -0.900. The van der Waals surface area contributed by atoms with Crippen LogP contribution in [0.25, 0.3) is 0 Å². The number of hydrogen-bond acceptors (Lipinski definition) is 2. The van der Waals surface area contributed by atoms with Gasteiger partial charge in [0.2, 0.25) is 0 Å². The molecule has 0 saturated heterocycles. The third kappa shape index (κ3) is 4.46. The van der Waals surface area contributed by atoms with E-state index in [1.807, 2.05) is 0 Å². The van der Waals surface area contributed by atoms with Crippen LogP contribution in [0.4, 0.5) is 13.2 Å². The highest BCUT2D eigenvalue weighted by atomic mass is 127. The SMILES string of the molecule is NC(=S)NN=Cc1ccc(I)c(C(F)(F)F)c1. The highest BCUT2D eigenvalue weighted by Crippen LogP contribution is 2.33. The Bertz CT molecular complexity index is 459. The summed E-state index contributed by atoms with van der Waals surface area (Å²) >= 11 is 6.12. The Labute approximate surface area is 114 Å². The van der Waals surface area contributed by atoms with Crippen LogP contribution < -0.4 is 11.2 Å². The molecule has 1 aromatic rings. The largest absolute Gasteiger partial charge is 0.417 e. The van der Waals surface area contributed by atoms with Crippen molar-refractivity contribution < 1.29 is 13.2 Å². The predicted octanol–water partition coefficient (Wildman–Crippen LogP) is 2.48. The first kappa shape index (κ1) is 14.2. The van der Waals surface area contributed by atoms with Gasteiger partial charge in [0.15, 0.2) is 5.11 Å². The third-order valence-corrected chi connectivity index (χ3v) is 2.72. The second-order valence-corrected chi connectivity index (χ2v) is 4.57. The van der Waals surface area contributed by atoms with Gasteiger partial charge < -0.3 is 5.73 Å². The molecule has 0 bridgehead atoms. The monoisotopic (exact) mass is 373 g/mol. The number of halogens is 4. The van der Waals surface area contributed by atoms with E-state index in [9.17, 15) is 13.2 Å². The van der Waals surface area contributed by atoms with E-state index < -0.39 is 11.7 Å². The molecule has 8 heteroatoms. The molecule has 0 aliphatic rings. The van der Waals surface area contributed by atoms with Crippen LogP contribution in [-0.2, 0) is 6.18 Å². The second kappa shape index (κ2) is 5.63. The Kier molecular flexibility index (Phi) is 4.69. The molecule has 0 radical (unpaired) electrons. The van der Waals surface area contributed by atoms with Gasteiger partial charge in [-0.1, -0.05) is 6.07 Å². The minimum absolute atomic E-state index is 0.0530. The van der Waals surface area contributed by atoms with Crippen molar-refractivity contribution in [1.82, 2.24) is 5.43 Å². The normalized spacial score (nSPS) is 11.8. The third-order valence-electron chi connectivity index (χ3n) is 1.68. The number of nitrogens with zero attached hydrogens (tertiary/aromatic N) is 1. The fourth-order valence-corrected chi connectivity index (χ4v) is 1.70. The van der Waals surface area contributed by atoms with Gasteiger partial charge in [-0.25, -0.2) is 0 Å². The number of alkyl halides is 3. The van der Waals surface area contributed by atoms with Crippen LogP contribution in [0.5, 0.6) is 0 Å². The Morgan fingerprint density at radius 1 is 1.47 bits per heavy atom. The molecule has 0 heterocycles. The molecule has 0 amide bonds. The summed E-state index contributed by atoms with van der Waals surface area (Å²) in [6.07, 6.45) is -3.17. The average Bonchev–Trinajstić information content (AvgIpc) is 2.18. The quantitative estimate of drug-likeness (QED) is 0.363. The molecule has 92 valence electrons. The fraction of sp³-hybridized carbons (Fsp3) is 0.111. The number of hydrogen-bond donors (Lipinski definition) is 2. The molecule has 1 aromatic carbocycles. The highest BCUT2D eigenvalue weighted by molar-refractivity contribution is 14.1. The van der Waals surface area contributed by atoms with Crippen molar-refractivity contribution in [3.05, 3.63) is 32.9 Å². The minimum atomic E-state index is -4.38. The summed E-state index contributed by atoms with van der Waals surface area (Å²) in [6.45, 7) is 0. The molecular weight excluding hydrogens is 366 g/mol. The first-order valence-corrected chi connectivity index (χ1v) is 5.74. The maximum atomic E-state index is 12.6. The van der Waals surface area contributed by atoms with E-state index in [2.05, 4.69) is 22.7 Å². The number of thiocarbonyl (C=S) groups is 1. The van der Waals surface area contributed by atoms with E-state index in [4.69, 9.17) is 5.73 Å². The molecule has 0 aromatic heterocycles. The number of nitrogens with two attached hydrogens (primary N) is 1. The maximum Gasteiger partial charge on any atom is 0.417 e. The first-order valence-electron chi connectivity index (χ1n) is 4.26. The van der Waals surface area contributed by atoms with E-state index in [-0.39, 0.29) is 8.68 Å². The Balaban J connectivity index is 2.97. The lowest BCUT2D eigenvalue weighted by molar-refractivity contribution is -0.138. The molecule has 0 unspecified atom stereocenters. The zero-order valence-corrected chi connectivity index (χ0v) is 11.2. The van der Waals surface area contributed by atoms with Gasteiger partial charge in [0.05, 0.1) is 11.8 Å². The van der Waals surface area contributed by atoms with Crippen molar-refractivity contribution >= 4 is 46.1 Å². The van der Waals surface area contributed by atoms with Gasteiger partial charge in [-0.05, 0) is 52.5 Å². The molecule has 0 saturated carbocycles. The van der Waals surface area contributed by atoms with Gasteiger partial charge in [0.25, 0.3) is 0 Å². The second-order valence-electron chi connectivity index (χ2n) is 2.97. The standard InChI is InChI=1S/C9H7F3IN3S/c10-9(11,12)6-3-5(1-2-7(6)13)4-15-16-8(14)17/h1-4H,(H3,14,16,17). The Morgan fingerprint density at radius 2 is 2.12 bits per heavy atom. The summed E-state index contributed by atoms with van der Waals surface area (Å²) in [5, 5.41) is 3.53. The van der Waals surface area contributed by atoms with Crippen LogP contribution in [0.1, 0.15) is 11.1 Å². The number of rotatable bonds is 2. The molecule has 0 spiro atoms. The predicted molar refractivity (Wildman–Crippen MR) is 71.7 cm³/mol. The molecule has 3 nitrogen and oxygen atoms in total. The van der Waals surface area contributed by atoms with Gasteiger partial charge in [-0.2, -0.15) is 18.3 Å². The molecule has 0 atom stereocenters. The van der Waals surface area contributed by atoms with Crippen LogP contribution in [-0.4, -0.2) is 11.3 Å². The van der Waals surface area contributed by atoms with Crippen LogP contribution in [0, 0.1) is 3.57 Å². The van der Waals surface area contributed by atoms with E-state index in [1.165, 1.54) is 18.3 Å². The van der Waals surface area contributed by atoms with Crippen LogP contribution >= 0.6 is 34.8 Å². The lowest BCUT2D eigenvalue weighted by atomic mass is 10.1. The molecule has 0 fully saturated rings. The molecule has 0 aliphatic heterocycles. The maximum absolute atomic E-state index is 12.6. The van der Waals surface area contributed by atoms with Crippen LogP contribution in [0.2, 0.25) is 0 Å². The van der Waals surface area contributed by atoms with Crippen LogP contribution in [0.3, 0.4) is 0 Å². The highest BCUT2D eigenvalue weighted by Gasteiger charge is 2.32. The first-order chi connectivity index (χ1) is 7.80. The summed E-state index contributed by atoms with van der Waals surface area (Å²) in [6, 6.07) is 3.89. The zero-order chi connectivity index (χ0) is 13.1. The van der Waals surface area contributed by atoms with E-state index in [1.54, 1.807) is 22.6 Å². The van der Waals surface area contributed by atoms with E-state index in [0.29, 0.717) is 5.56 Å². The summed E-state index contributed by atoms with van der Waals surface area (Å²) in [5.74, 6) is 0. The average molecular weight is 373 g/mol. The van der Waals surface area contributed by atoms with Gasteiger partial charge >= 0.3 is 6.18 Å². The molecular formula is C9H7F3IN3S. The number of benzene rings is 1. The van der Waals surface area contributed by atoms with Crippen molar-refractivity contribution in [2.45, 2.75) is 6.18 Å². The zero-order valence-electron chi connectivity index (χ0n) is 8.25. The van der Waals surface area contributed by atoms with Gasteiger partial charge in [0, 0.05) is 3.57 Å². The van der Waals surface area contributed by atoms with Crippen molar-refractivity contribution in [3.8, 4) is 0 Å². The number of hydrazone groups is 1. The van der Waals surface area contributed by atoms with E-state index >= 15 is 0 Å². The van der Waals surface area contributed by atoms with Crippen molar-refractivity contribution in [3.63, 3.8) is 0 Å². The van der Waals surface area contributed by atoms with E-state index in [0.717, 1.165) is 6.07 Å². The summed E-state index contributed by atoms with van der Waals surface area (Å²) < 4.78 is 37.9. The van der Waals surface area contributed by atoms with Crippen molar-refractivity contribution in [1.29, 1.82) is 0 Å². The van der Waals surface area contributed by atoms with Crippen molar-refractivity contribution in [2.24, 2.45) is 10.8 Å². The van der Waals surface area contributed by atoms with Gasteiger partial charge in [-0.15, -0.1) is 0 Å². The van der Waals surface area contributed by atoms with Crippen molar-refractivity contribution in [2.75, 3.05) is 0 Å². The molecule has 1 rings (SSSR count). The minimum Gasteiger partial charge on any atom is -0.375 e. The van der Waals surface area contributed by atoms with Gasteiger partial charge in [0.1, 0.15) is 0 Å². The smallest absolute Gasteiger partial charge is 0.375 e. The topological polar surface area (TPSA) is 50.4 Å². The fourth-order valence-electron chi connectivity index (χ4n) is 1.01. The lowest BCUT2D eigenvalue weighted by Crippen LogP contribution is -2.24. The molecule has 17 heavy (non-hydrogen) atoms. The lowest BCUT2D eigenvalue weighted by Gasteiger charge is -2.09. The summed E-state index contributed by atoms with van der Waals surface area (Å²) in [5.41, 5.74) is 6.98. The molecule has 0 aliphatic carbocycles. The number of nitrogens with one attached hydrogen (secondary N) is 1. The van der Waals surface area contributed by atoms with Gasteiger partial charge in [-0.3, -0.25) is 5.43 Å². The van der Waals surface area contributed by atoms with Crippen LogP contribution in [0.15, 0.2) is 23.3 Å². The summed E-state index contributed by atoms with van der Waals surface area (Å²) in [7, 11) is 0. The Morgan fingerprint density at radius 3 is 2.65 bits per heavy atom. The summed E-state index contributed by atoms with van der Waals surface area (Å²) in [4.78, 5) is 0. The molecule has 3 N–H and O–H groups in total.